The molecule has 28 heavy (non-hydrogen) atoms. The Morgan fingerprint density at radius 3 is 2.57 bits per heavy atom. The maximum Gasteiger partial charge on any atom is 0.335 e. The summed E-state index contributed by atoms with van der Waals surface area (Å²) in [6.07, 6.45) is 2.14. The van der Waals surface area contributed by atoms with Gasteiger partial charge in [-0.3, -0.25) is 0 Å². The summed E-state index contributed by atoms with van der Waals surface area (Å²) in [5.74, 6) is 0.211. The van der Waals surface area contributed by atoms with E-state index in [0.29, 0.717) is 23.7 Å². The molecule has 2 rings (SSSR count). The van der Waals surface area contributed by atoms with Crippen LogP contribution in [0.1, 0.15) is 52.5 Å². The fourth-order valence-electron chi connectivity index (χ4n) is 3.19. The number of nitrogen functional groups attached to an aromatic ring is 1. The molecule has 1 aromatic heterocycles. The van der Waals surface area contributed by atoms with Crippen LogP contribution < -0.4 is 15.8 Å². The Balaban J connectivity index is 2.50. The normalized spacial score (nSPS) is 11.9. The number of anilines is 2. The predicted molar refractivity (Wildman–Crippen MR) is 108 cm³/mol. The van der Waals surface area contributed by atoms with Gasteiger partial charge in [0.15, 0.2) is 0 Å². The van der Waals surface area contributed by atoms with E-state index in [1.165, 1.54) is 13.2 Å². The summed E-state index contributed by atoms with van der Waals surface area (Å²) >= 11 is 0. The topological polar surface area (TPSA) is 131 Å². The molecule has 0 radical (unpaired) electrons. The number of carboxylic acids is 1. The van der Waals surface area contributed by atoms with Gasteiger partial charge in [0.2, 0.25) is 5.95 Å². The summed E-state index contributed by atoms with van der Waals surface area (Å²) in [5.41, 5.74) is 9.20. The van der Waals surface area contributed by atoms with Crippen LogP contribution in [-0.4, -0.2) is 45.9 Å². The Labute approximate surface area is 164 Å². The van der Waals surface area contributed by atoms with Crippen LogP contribution in [0.5, 0.6) is 5.75 Å². The molecule has 0 aliphatic carbocycles. The smallest absolute Gasteiger partial charge is 0.335 e. The van der Waals surface area contributed by atoms with Crippen molar-refractivity contribution in [3.05, 3.63) is 40.1 Å². The van der Waals surface area contributed by atoms with Gasteiger partial charge < -0.3 is 26.0 Å². The highest BCUT2D eigenvalue weighted by atomic mass is 16.5. The third kappa shape index (κ3) is 4.89. The Kier molecular flexibility index (Phi) is 7.17. The quantitative estimate of drug-likeness (QED) is 0.515. The molecule has 1 atom stereocenters. The van der Waals surface area contributed by atoms with E-state index in [0.717, 1.165) is 29.5 Å². The number of aromatic nitrogens is 2. The highest BCUT2D eigenvalue weighted by molar-refractivity contribution is 5.88. The van der Waals surface area contributed by atoms with E-state index < -0.39 is 5.97 Å². The van der Waals surface area contributed by atoms with Crippen LogP contribution in [0.2, 0.25) is 0 Å². The van der Waals surface area contributed by atoms with Gasteiger partial charge in [0, 0.05) is 23.2 Å². The molecule has 1 heterocycles. The molecule has 8 nitrogen and oxygen atoms in total. The first-order valence-electron chi connectivity index (χ1n) is 9.21. The number of nitrogens with one attached hydrogen (secondary N) is 1. The van der Waals surface area contributed by atoms with Crippen LogP contribution in [0, 0.1) is 13.8 Å². The van der Waals surface area contributed by atoms with Crippen LogP contribution in [0.3, 0.4) is 0 Å². The van der Waals surface area contributed by atoms with E-state index >= 15 is 0 Å². The fraction of sp³-hybridized carbons (Fsp3) is 0.450. The van der Waals surface area contributed by atoms with E-state index in [1.807, 2.05) is 20.8 Å². The Hall–Kier alpha value is -2.87. The second-order valence-corrected chi connectivity index (χ2v) is 6.76. The molecule has 1 unspecified atom stereocenters. The SMILES string of the molecule is CCCC(CO)Nc1nc(N)nc(C)c1Cc1c(C)cc(C(=O)O)cc1OC. The molecule has 0 bridgehead atoms. The van der Waals surface area contributed by atoms with Gasteiger partial charge >= 0.3 is 5.97 Å². The lowest BCUT2D eigenvalue weighted by atomic mass is 9.96. The van der Waals surface area contributed by atoms with E-state index in [2.05, 4.69) is 15.3 Å². The van der Waals surface area contributed by atoms with Gasteiger partial charge in [0.25, 0.3) is 0 Å². The number of ether oxygens (including phenoxy) is 1. The van der Waals surface area contributed by atoms with Gasteiger partial charge in [-0.25, -0.2) is 9.78 Å². The van der Waals surface area contributed by atoms with Crippen molar-refractivity contribution in [1.82, 2.24) is 9.97 Å². The van der Waals surface area contributed by atoms with Gasteiger partial charge in [-0.05, 0) is 38.0 Å². The van der Waals surface area contributed by atoms with Gasteiger partial charge in [0.1, 0.15) is 11.6 Å². The summed E-state index contributed by atoms with van der Waals surface area (Å²) in [6.45, 7) is 5.72. The number of carboxylic acid groups (broad SMARTS) is 1. The van der Waals surface area contributed by atoms with Gasteiger partial charge in [0.05, 0.1) is 25.3 Å². The molecule has 0 saturated heterocycles. The van der Waals surface area contributed by atoms with Crippen LogP contribution in [-0.2, 0) is 6.42 Å². The summed E-state index contributed by atoms with van der Waals surface area (Å²) in [5, 5.41) is 22.2. The van der Waals surface area contributed by atoms with Crippen molar-refractivity contribution in [2.45, 2.75) is 46.1 Å². The van der Waals surface area contributed by atoms with Crippen LogP contribution in [0.15, 0.2) is 12.1 Å². The molecule has 0 fully saturated rings. The summed E-state index contributed by atoms with van der Waals surface area (Å²) in [6, 6.07) is 2.99. The van der Waals surface area contributed by atoms with Crippen LogP contribution in [0.25, 0.3) is 0 Å². The third-order valence-electron chi connectivity index (χ3n) is 4.68. The first-order valence-corrected chi connectivity index (χ1v) is 9.21. The van der Waals surface area contributed by atoms with E-state index in [-0.39, 0.29) is 24.2 Å². The van der Waals surface area contributed by atoms with Crippen molar-refractivity contribution in [2.24, 2.45) is 0 Å². The zero-order valence-electron chi connectivity index (χ0n) is 16.7. The highest BCUT2D eigenvalue weighted by Gasteiger charge is 2.19. The van der Waals surface area contributed by atoms with Crippen molar-refractivity contribution in [1.29, 1.82) is 0 Å². The number of aryl methyl sites for hydroxylation is 2. The molecule has 8 heteroatoms. The van der Waals surface area contributed by atoms with E-state index in [1.54, 1.807) is 6.07 Å². The number of rotatable bonds is 9. The standard InChI is InChI=1S/C20H28N4O4/c1-5-6-14(10-25)23-18-16(12(3)22-20(21)24-18)9-15-11(2)7-13(19(26)27)8-17(15)28-4/h7-8,14,25H,5-6,9-10H2,1-4H3,(H,26,27)(H3,21,22,23,24). The van der Waals surface area contributed by atoms with Crippen molar-refractivity contribution < 1.29 is 19.7 Å². The molecule has 0 amide bonds. The Morgan fingerprint density at radius 2 is 2.00 bits per heavy atom. The largest absolute Gasteiger partial charge is 0.496 e. The number of aliphatic hydroxyl groups is 1. The molecule has 0 saturated carbocycles. The van der Waals surface area contributed by atoms with Crippen LogP contribution in [0.4, 0.5) is 11.8 Å². The van der Waals surface area contributed by atoms with E-state index in [4.69, 9.17) is 10.5 Å². The Bertz CT molecular complexity index is 855. The van der Waals surface area contributed by atoms with Crippen molar-refractivity contribution in [3.63, 3.8) is 0 Å². The molecule has 0 aliphatic rings. The number of aromatic carboxylic acids is 1. The summed E-state index contributed by atoms with van der Waals surface area (Å²) < 4.78 is 5.44. The number of methoxy groups -OCH3 is 1. The number of carbonyl (C=O) groups is 1. The molecule has 0 spiro atoms. The zero-order valence-corrected chi connectivity index (χ0v) is 16.7. The van der Waals surface area contributed by atoms with Gasteiger partial charge in [-0.1, -0.05) is 13.3 Å². The monoisotopic (exact) mass is 388 g/mol. The lowest BCUT2D eigenvalue weighted by Gasteiger charge is -2.21. The summed E-state index contributed by atoms with van der Waals surface area (Å²) in [7, 11) is 1.51. The first-order chi connectivity index (χ1) is 13.3. The number of benzene rings is 1. The minimum Gasteiger partial charge on any atom is -0.496 e. The third-order valence-corrected chi connectivity index (χ3v) is 4.68. The number of nitrogens with zero attached hydrogens (tertiary/aromatic N) is 2. The maximum atomic E-state index is 11.3. The van der Waals surface area contributed by atoms with E-state index in [9.17, 15) is 15.0 Å². The maximum absolute atomic E-state index is 11.3. The highest BCUT2D eigenvalue weighted by Crippen LogP contribution is 2.30. The van der Waals surface area contributed by atoms with Gasteiger partial charge in [-0.2, -0.15) is 4.98 Å². The van der Waals surface area contributed by atoms with Crippen molar-refractivity contribution in [2.75, 3.05) is 24.8 Å². The second kappa shape index (κ2) is 9.36. The molecule has 0 aliphatic heterocycles. The molecule has 152 valence electrons. The zero-order chi connectivity index (χ0) is 20.8. The first kappa shape index (κ1) is 21.4. The second-order valence-electron chi connectivity index (χ2n) is 6.76. The van der Waals surface area contributed by atoms with Crippen molar-refractivity contribution in [3.8, 4) is 5.75 Å². The lowest BCUT2D eigenvalue weighted by Crippen LogP contribution is -2.25. The number of hydrogen-bond donors (Lipinski definition) is 4. The molecular weight excluding hydrogens is 360 g/mol. The average molecular weight is 388 g/mol. The molecule has 1 aromatic carbocycles. The number of hydrogen-bond acceptors (Lipinski definition) is 7. The molecular formula is C20H28N4O4. The lowest BCUT2D eigenvalue weighted by molar-refractivity contribution is 0.0696. The predicted octanol–water partition coefficient (Wildman–Crippen LogP) is 2.55. The van der Waals surface area contributed by atoms with Gasteiger partial charge in [-0.15, -0.1) is 0 Å². The average Bonchev–Trinajstić information content (AvgIpc) is 2.64. The number of nitrogens with two attached hydrogens (primary N) is 1. The Morgan fingerprint density at radius 1 is 1.29 bits per heavy atom. The minimum atomic E-state index is -1.01. The fourth-order valence-corrected chi connectivity index (χ4v) is 3.19. The number of aliphatic hydroxyl groups excluding tert-OH is 1. The minimum absolute atomic E-state index is 0.0219. The van der Waals surface area contributed by atoms with Crippen LogP contribution >= 0.6 is 0 Å². The summed E-state index contributed by atoms with van der Waals surface area (Å²) in [4.78, 5) is 19.9. The van der Waals surface area contributed by atoms with Crippen molar-refractivity contribution >= 4 is 17.7 Å². The molecule has 2 aromatic rings. The molecule has 5 N–H and O–H groups in total.